The Labute approximate surface area is 176 Å². The Morgan fingerprint density at radius 3 is 2.70 bits per heavy atom. The molecule has 0 saturated carbocycles. The van der Waals surface area contributed by atoms with Crippen molar-refractivity contribution in [1.29, 1.82) is 0 Å². The van der Waals surface area contributed by atoms with E-state index in [1.54, 1.807) is 6.08 Å². The third-order valence-corrected chi connectivity index (χ3v) is 5.59. The molecule has 0 aliphatic carbocycles. The maximum atomic E-state index is 12.3. The number of carbonyl (C=O) groups is 1. The Kier molecular flexibility index (Phi) is 6.73. The fourth-order valence-electron chi connectivity index (χ4n) is 2.43. The van der Waals surface area contributed by atoms with E-state index >= 15 is 0 Å². The van der Waals surface area contributed by atoms with Gasteiger partial charge in [-0.15, -0.1) is 0 Å². The first-order valence-electron chi connectivity index (χ1n) is 8.51. The number of rotatable bonds is 6. The molecule has 0 bridgehead atoms. The number of nitrogens with one attached hydrogen (secondary N) is 1. The van der Waals surface area contributed by atoms with E-state index in [1.807, 2.05) is 36.4 Å². The van der Waals surface area contributed by atoms with Gasteiger partial charge in [0.1, 0.15) is 12.4 Å². The van der Waals surface area contributed by atoms with E-state index in [-0.39, 0.29) is 5.91 Å². The molecule has 1 fully saturated rings. The van der Waals surface area contributed by atoms with Crippen molar-refractivity contribution < 1.29 is 9.53 Å². The van der Waals surface area contributed by atoms with Crippen LogP contribution in [-0.4, -0.2) is 17.7 Å². The van der Waals surface area contributed by atoms with E-state index in [2.05, 4.69) is 58.5 Å². The third-order valence-electron chi connectivity index (χ3n) is 3.84. The molecule has 1 N–H and O–H groups in total. The zero-order valence-corrected chi connectivity index (χ0v) is 17.8. The van der Waals surface area contributed by atoms with E-state index in [1.165, 1.54) is 17.3 Å². The largest absolute Gasteiger partial charge is 0.488 e. The highest BCUT2D eigenvalue weighted by Crippen LogP contribution is 2.30. The van der Waals surface area contributed by atoms with E-state index in [4.69, 9.17) is 4.74 Å². The molecule has 1 amide bonds. The second-order valence-corrected chi connectivity index (χ2v) is 7.98. The lowest BCUT2D eigenvalue weighted by Gasteiger charge is -2.06. The number of amides is 1. The van der Waals surface area contributed by atoms with E-state index < -0.39 is 0 Å². The van der Waals surface area contributed by atoms with Gasteiger partial charge in [-0.25, -0.2) is 4.99 Å². The lowest BCUT2D eigenvalue weighted by molar-refractivity contribution is -0.115. The number of halogens is 1. The summed E-state index contributed by atoms with van der Waals surface area (Å²) in [4.78, 5) is 17.4. The Balaban J connectivity index is 1.75. The summed E-state index contributed by atoms with van der Waals surface area (Å²) < 4.78 is 6.57. The number of carbonyl (C=O) groups excluding carboxylic acids is 1. The Morgan fingerprint density at radius 2 is 2.04 bits per heavy atom. The first-order chi connectivity index (χ1) is 13.1. The number of ether oxygens (including phenoxy) is 1. The molecule has 0 unspecified atom stereocenters. The van der Waals surface area contributed by atoms with Crippen molar-refractivity contribution in [2.45, 2.75) is 13.3 Å². The molecule has 4 nitrogen and oxygen atoms in total. The van der Waals surface area contributed by atoms with Gasteiger partial charge >= 0.3 is 0 Å². The number of nitrogens with zero attached hydrogens (tertiary/aromatic N) is 1. The lowest BCUT2D eigenvalue weighted by atomic mass is 10.2. The number of hydrogen-bond acceptors (Lipinski definition) is 4. The van der Waals surface area contributed by atoms with Gasteiger partial charge in [-0.1, -0.05) is 37.8 Å². The molecule has 27 heavy (non-hydrogen) atoms. The number of thioether (sulfide) groups is 1. The fraction of sp³-hybridized carbons (Fsp3) is 0.143. The summed E-state index contributed by atoms with van der Waals surface area (Å²) in [6.45, 7) is 6.23. The fourth-order valence-corrected chi connectivity index (χ4v) is 3.96. The van der Waals surface area contributed by atoms with Gasteiger partial charge in [-0.3, -0.25) is 4.79 Å². The predicted molar refractivity (Wildman–Crippen MR) is 121 cm³/mol. The van der Waals surface area contributed by atoms with Crippen LogP contribution in [0.15, 0.2) is 65.0 Å². The number of aliphatic imine (C=N–C) groups is 1. The SMILES string of the molecule is C=CCOc1ccc(/C=C2\SC(=Nc3ccc(CC)cc3)NC2=O)cc1I. The molecule has 0 atom stereocenters. The molecule has 1 aliphatic rings. The van der Waals surface area contributed by atoms with Crippen LogP contribution in [0.1, 0.15) is 18.1 Å². The summed E-state index contributed by atoms with van der Waals surface area (Å²) in [5.41, 5.74) is 3.03. The number of amidine groups is 1. The molecule has 2 aromatic rings. The van der Waals surface area contributed by atoms with Crippen molar-refractivity contribution in [3.05, 3.63) is 74.7 Å². The zero-order chi connectivity index (χ0) is 19.2. The molecule has 1 heterocycles. The molecule has 1 aliphatic heterocycles. The summed E-state index contributed by atoms with van der Waals surface area (Å²) in [5, 5.41) is 3.42. The Bertz CT molecular complexity index is 920. The molecular weight excluding hydrogens is 471 g/mol. The minimum atomic E-state index is -0.133. The first kappa shape index (κ1) is 19.7. The zero-order valence-electron chi connectivity index (χ0n) is 14.9. The predicted octanol–water partition coefficient (Wildman–Crippen LogP) is 5.31. The molecule has 2 aromatic carbocycles. The molecule has 138 valence electrons. The van der Waals surface area contributed by atoms with Gasteiger partial charge in [-0.05, 0) is 82.2 Å². The van der Waals surface area contributed by atoms with Gasteiger partial charge in [0.25, 0.3) is 5.91 Å². The Hall–Kier alpha value is -2.06. The monoisotopic (exact) mass is 490 g/mol. The average molecular weight is 490 g/mol. The van der Waals surface area contributed by atoms with Gasteiger partial charge in [-0.2, -0.15) is 0 Å². The Morgan fingerprint density at radius 1 is 1.26 bits per heavy atom. The van der Waals surface area contributed by atoms with E-state index in [0.717, 1.165) is 27.0 Å². The van der Waals surface area contributed by atoms with Crippen molar-refractivity contribution in [2.24, 2.45) is 4.99 Å². The van der Waals surface area contributed by atoms with Crippen LogP contribution >= 0.6 is 34.4 Å². The van der Waals surface area contributed by atoms with Crippen LogP contribution < -0.4 is 10.1 Å². The van der Waals surface area contributed by atoms with E-state index in [9.17, 15) is 4.79 Å². The molecule has 6 heteroatoms. The van der Waals surface area contributed by atoms with Crippen molar-refractivity contribution in [2.75, 3.05) is 6.61 Å². The number of hydrogen-bond donors (Lipinski definition) is 1. The molecule has 3 rings (SSSR count). The minimum Gasteiger partial charge on any atom is -0.488 e. The molecule has 0 aromatic heterocycles. The van der Waals surface area contributed by atoms with Crippen molar-refractivity contribution >= 4 is 57.2 Å². The third kappa shape index (κ3) is 5.23. The maximum Gasteiger partial charge on any atom is 0.264 e. The van der Waals surface area contributed by atoms with Crippen LogP contribution in [0.5, 0.6) is 5.75 Å². The highest BCUT2D eigenvalue weighted by molar-refractivity contribution is 14.1. The van der Waals surface area contributed by atoms with Crippen molar-refractivity contribution in [1.82, 2.24) is 5.32 Å². The molecular formula is C21H19IN2O2S. The minimum absolute atomic E-state index is 0.133. The van der Waals surface area contributed by atoms with Crippen LogP contribution in [0.25, 0.3) is 6.08 Å². The summed E-state index contributed by atoms with van der Waals surface area (Å²) in [5.74, 6) is 0.671. The summed E-state index contributed by atoms with van der Waals surface area (Å²) in [7, 11) is 0. The van der Waals surface area contributed by atoms with Gasteiger partial charge in [0.15, 0.2) is 5.17 Å². The first-order valence-corrected chi connectivity index (χ1v) is 10.4. The highest BCUT2D eigenvalue weighted by atomic mass is 127. The topological polar surface area (TPSA) is 50.7 Å². The van der Waals surface area contributed by atoms with Crippen LogP contribution in [0.4, 0.5) is 5.69 Å². The van der Waals surface area contributed by atoms with Gasteiger partial charge in [0, 0.05) is 0 Å². The highest BCUT2D eigenvalue weighted by Gasteiger charge is 2.23. The second kappa shape index (κ2) is 9.23. The number of benzene rings is 2. The molecule has 0 radical (unpaired) electrons. The van der Waals surface area contributed by atoms with Crippen LogP contribution in [-0.2, 0) is 11.2 Å². The molecule has 1 saturated heterocycles. The average Bonchev–Trinajstić information content (AvgIpc) is 3.00. The number of aryl methyl sites for hydroxylation is 1. The quantitative estimate of drug-likeness (QED) is 0.339. The van der Waals surface area contributed by atoms with Crippen molar-refractivity contribution in [3.63, 3.8) is 0 Å². The lowest BCUT2D eigenvalue weighted by Crippen LogP contribution is -2.19. The van der Waals surface area contributed by atoms with Crippen molar-refractivity contribution in [3.8, 4) is 5.75 Å². The van der Waals surface area contributed by atoms with Gasteiger partial charge in [0.2, 0.25) is 0 Å². The smallest absolute Gasteiger partial charge is 0.264 e. The summed E-state index contributed by atoms with van der Waals surface area (Å²) >= 11 is 3.57. The summed E-state index contributed by atoms with van der Waals surface area (Å²) in [6.07, 6.45) is 4.57. The van der Waals surface area contributed by atoms with Crippen LogP contribution in [0.2, 0.25) is 0 Å². The summed E-state index contributed by atoms with van der Waals surface area (Å²) in [6, 6.07) is 13.8. The maximum absolute atomic E-state index is 12.3. The normalized spacial score (nSPS) is 16.6. The standard InChI is InChI=1S/C21H19IN2O2S/c1-3-11-26-18-10-7-15(12-17(18)22)13-19-20(25)24-21(27-19)23-16-8-5-14(4-2)6-9-16/h3,5-10,12-13H,1,4,11H2,2H3,(H,23,24,25)/b19-13-. The van der Waals surface area contributed by atoms with Crippen LogP contribution in [0, 0.1) is 3.57 Å². The second-order valence-electron chi connectivity index (χ2n) is 5.79. The molecule has 0 spiro atoms. The van der Waals surface area contributed by atoms with E-state index in [0.29, 0.717) is 16.7 Å². The van der Waals surface area contributed by atoms with Crippen LogP contribution in [0.3, 0.4) is 0 Å². The van der Waals surface area contributed by atoms with Gasteiger partial charge in [0.05, 0.1) is 14.2 Å². The van der Waals surface area contributed by atoms with Gasteiger partial charge < -0.3 is 10.1 Å².